The highest BCUT2D eigenvalue weighted by atomic mass is 19.1. The average Bonchev–Trinajstić information content (AvgIpc) is 2.78. The first-order chi connectivity index (χ1) is 8.61. The smallest absolute Gasteiger partial charge is 0.380 e. The summed E-state index contributed by atoms with van der Waals surface area (Å²) < 4.78 is 30.8. The van der Waals surface area contributed by atoms with Gasteiger partial charge < -0.3 is 4.74 Å². The van der Waals surface area contributed by atoms with E-state index in [0.717, 1.165) is 16.9 Å². The highest BCUT2D eigenvalue weighted by molar-refractivity contribution is 5.84. The number of hydrogen-bond donors (Lipinski definition) is 0. The van der Waals surface area contributed by atoms with E-state index in [1.54, 1.807) is 6.92 Å². The molecule has 18 heavy (non-hydrogen) atoms. The van der Waals surface area contributed by atoms with Gasteiger partial charge in [-0.05, 0) is 24.3 Å². The lowest BCUT2D eigenvalue weighted by Crippen LogP contribution is -2.08. The Morgan fingerprint density at radius 2 is 2.22 bits per heavy atom. The lowest BCUT2D eigenvalue weighted by molar-refractivity contribution is 0.0511. The monoisotopic (exact) mass is 254 g/mol. The Hall–Kier alpha value is -2.38. The first-order valence-electron chi connectivity index (χ1n) is 5.04. The zero-order chi connectivity index (χ0) is 13.1. The van der Waals surface area contributed by atoms with E-state index in [9.17, 15) is 13.6 Å². The van der Waals surface area contributed by atoms with E-state index in [1.807, 2.05) is 0 Å². The molecule has 1 heterocycles. The summed E-state index contributed by atoms with van der Waals surface area (Å²) in [6.45, 7) is 1.79. The minimum Gasteiger partial charge on any atom is -0.460 e. The molecule has 1 aromatic heterocycles. The summed E-state index contributed by atoms with van der Waals surface area (Å²) >= 11 is 0. The molecule has 0 N–H and O–H groups in total. The van der Waals surface area contributed by atoms with Crippen molar-refractivity contribution in [2.24, 2.45) is 0 Å². The molecule has 0 bridgehead atoms. The largest absolute Gasteiger partial charge is 0.460 e. The second-order valence-electron chi connectivity index (χ2n) is 3.22. The van der Waals surface area contributed by atoms with E-state index in [0.29, 0.717) is 6.07 Å². The van der Waals surface area contributed by atoms with Crippen LogP contribution in [0.1, 0.15) is 17.5 Å². The molecule has 2 aromatic rings. The molecular formula is C10H8F2N4O2. The fourth-order valence-corrected chi connectivity index (χ4v) is 1.24. The topological polar surface area (TPSA) is 69.9 Å². The van der Waals surface area contributed by atoms with Crippen LogP contribution in [0.5, 0.6) is 0 Å². The molecule has 6 nitrogen and oxygen atoms in total. The third-order valence-corrected chi connectivity index (χ3v) is 2.00. The van der Waals surface area contributed by atoms with Crippen molar-refractivity contribution in [1.29, 1.82) is 0 Å². The fraction of sp³-hybridized carbons (Fsp3) is 0.200. The number of nitrogens with zero attached hydrogens (tertiary/aromatic N) is 4. The molecule has 0 aliphatic rings. The third-order valence-electron chi connectivity index (χ3n) is 2.00. The van der Waals surface area contributed by atoms with Gasteiger partial charge in [0.2, 0.25) is 0 Å². The van der Waals surface area contributed by atoms with E-state index >= 15 is 0 Å². The second-order valence-corrected chi connectivity index (χ2v) is 3.22. The van der Waals surface area contributed by atoms with Crippen molar-refractivity contribution < 1.29 is 18.3 Å². The highest BCUT2D eigenvalue weighted by Gasteiger charge is 2.16. The fourth-order valence-electron chi connectivity index (χ4n) is 1.24. The summed E-state index contributed by atoms with van der Waals surface area (Å²) in [6.07, 6.45) is 0. The van der Waals surface area contributed by atoms with Crippen LogP contribution in [0.15, 0.2) is 18.2 Å². The number of ether oxygens (including phenoxy) is 1. The van der Waals surface area contributed by atoms with Gasteiger partial charge in [-0.3, -0.25) is 0 Å². The predicted molar refractivity (Wildman–Crippen MR) is 55.0 cm³/mol. The zero-order valence-electron chi connectivity index (χ0n) is 9.30. The number of carbonyl (C=O) groups is 1. The van der Waals surface area contributed by atoms with E-state index in [2.05, 4.69) is 20.1 Å². The molecule has 94 valence electrons. The lowest BCUT2D eigenvalue weighted by Gasteiger charge is -1.99. The SMILES string of the molecule is CCOC(=O)c1nnn(-c2ccc(F)cc2F)n1. The standard InChI is InChI=1S/C10H8F2N4O2/c1-2-18-10(17)9-13-15-16(14-9)8-4-3-6(11)5-7(8)12/h3-5H,2H2,1H3. The molecule has 8 heteroatoms. The number of carbonyl (C=O) groups excluding carboxylic acids is 1. The van der Waals surface area contributed by atoms with Crippen LogP contribution < -0.4 is 0 Å². The van der Waals surface area contributed by atoms with Gasteiger partial charge >= 0.3 is 5.97 Å². The Balaban J connectivity index is 2.32. The van der Waals surface area contributed by atoms with Crippen molar-refractivity contribution in [3.8, 4) is 5.69 Å². The van der Waals surface area contributed by atoms with Gasteiger partial charge in [0, 0.05) is 6.07 Å². The van der Waals surface area contributed by atoms with Crippen LogP contribution in [-0.2, 0) is 4.74 Å². The minimum absolute atomic E-state index is 0.112. The molecule has 0 amide bonds. The van der Waals surface area contributed by atoms with Crippen LogP contribution in [0.4, 0.5) is 8.78 Å². The molecule has 0 fully saturated rings. The van der Waals surface area contributed by atoms with Crippen molar-refractivity contribution in [3.05, 3.63) is 35.7 Å². The average molecular weight is 254 g/mol. The molecule has 0 atom stereocenters. The van der Waals surface area contributed by atoms with Crippen molar-refractivity contribution in [3.63, 3.8) is 0 Å². The molecule has 1 aromatic carbocycles. The van der Waals surface area contributed by atoms with Gasteiger partial charge in [0.1, 0.15) is 11.5 Å². The number of halogens is 2. The van der Waals surface area contributed by atoms with Gasteiger partial charge in [-0.2, -0.15) is 0 Å². The van der Waals surface area contributed by atoms with Crippen LogP contribution in [0, 0.1) is 11.6 Å². The van der Waals surface area contributed by atoms with E-state index in [4.69, 9.17) is 0 Å². The molecule has 0 saturated heterocycles. The van der Waals surface area contributed by atoms with Gasteiger partial charge in [-0.1, -0.05) is 0 Å². The lowest BCUT2D eigenvalue weighted by atomic mass is 10.3. The maximum Gasteiger partial charge on any atom is 0.380 e. The Morgan fingerprint density at radius 3 is 2.89 bits per heavy atom. The molecule has 0 aliphatic heterocycles. The zero-order valence-corrected chi connectivity index (χ0v) is 9.30. The van der Waals surface area contributed by atoms with E-state index in [1.165, 1.54) is 0 Å². The van der Waals surface area contributed by atoms with Crippen LogP contribution in [0.3, 0.4) is 0 Å². The summed E-state index contributed by atoms with van der Waals surface area (Å²) in [5.41, 5.74) is -0.112. The van der Waals surface area contributed by atoms with Crippen molar-refractivity contribution >= 4 is 5.97 Å². The Morgan fingerprint density at radius 1 is 1.44 bits per heavy atom. The number of tetrazole rings is 1. The summed E-state index contributed by atoms with van der Waals surface area (Å²) in [4.78, 5) is 12.1. The van der Waals surface area contributed by atoms with Crippen LogP contribution >= 0.6 is 0 Å². The van der Waals surface area contributed by atoms with Crippen molar-refractivity contribution in [2.45, 2.75) is 6.92 Å². The van der Waals surface area contributed by atoms with Gasteiger partial charge in [0.25, 0.3) is 5.82 Å². The molecule has 0 unspecified atom stereocenters. The van der Waals surface area contributed by atoms with Gasteiger partial charge in [0.05, 0.1) is 6.61 Å². The summed E-state index contributed by atoms with van der Waals surface area (Å²) in [6, 6.07) is 2.87. The number of aromatic nitrogens is 4. The Labute approximate surface area is 100 Å². The van der Waals surface area contributed by atoms with Crippen LogP contribution in [-0.4, -0.2) is 32.8 Å². The molecule has 2 rings (SSSR count). The maximum atomic E-state index is 13.4. The minimum atomic E-state index is -0.859. The number of hydrogen-bond acceptors (Lipinski definition) is 5. The summed E-state index contributed by atoms with van der Waals surface area (Å²) in [7, 11) is 0. The van der Waals surface area contributed by atoms with Crippen LogP contribution in [0.25, 0.3) is 5.69 Å². The number of rotatable bonds is 3. The summed E-state index contributed by atoms with van der Waals surface area (Å²) in [5.74, 6) is -2.63. The number of benzene rings is 1. The first-order valence-corrected chi connectivity index (χ1v) is 5.04. The van der Waals surface area contributed by atoms with E-state index in [-0.39, 0.29) is 18.1 Å². The Bertz CT molecular complexity index is 585. The van der Waals surface area contributed by atoms with Gasteiger partial charge in [-0.25, -0.2) is 13.6 Å². The highest BCUT2D eigenvalue weighted by Crippen LogP contribution is 2.12. The first kappa shape index (κ1) is 12.1. The van der Waals surface area contributed by atoms with Crippen molar-refractivity contribution in [1.82, 2.24) is 20.2 Å². The molecule has 0 spiro atoms. The van der Waals surface area contributed by atoms with Crippen LogP contribution in [0.2, 0.25) is 0 Å². The van der Waals surface area contributed by atoms with Gasteiger partial charge in [-0.15, -0.1) is 15.0 Å². The third kappa shape index (κ3) is 2.31. The molecular weight excluding hydrogens is 246 g/mol. The van der Waals surface area contributed by atoms with Crippen molar-refractivity contribution in [2.75, 3.05) is 6.61 Å². The molecule has 0 aliphatic carbocycles. The molecule has 0 saturated carbocycles. The second kappa shape index (κ2) is 4.86. The summed E-state index contributed by atoms with van der Waals surface area (Å²) in [5, 5.41) is 10.6. The van der Waals surface area contributed by atoms with E-state index < -0.39 is 17.6 Å². The molecule has 0 radical (unpaired) electrons. The number of esters is 1. The van der Waals surface area contributed by atoms with Gasteiger partial charge in [0.15, 0.2) is 5.82 Å². The Kier molecular flexibility index (Phi) is 3.26. The predicted octanol–water partition coefficient (Wildman–Crippen LogP) is 1.12. The normalized spacial score (nSPS) is 10.4. The maximum absolute atomic E-state index is 13.4. The quantitative estimate of drug-likeness (QED) is 0.767.